The second-order valence-electron chi connectivity index (χ2n) is 6.07. The van der Waals surface area contributed by atoms with Gasteiger partial charge < -0.3 is 9.47 Å². The Morgan fingerprint density at radius 3 is 2.36 bits per heavy atom. The molecule has 0 atom stereocenters. The number of hydrogen-bond acceptors (Lipinski definition) is 3. The fourth-order valence-corrected chi connectivity index (χ4v) is 2.80. The third-order valence-corrected chi connectivity index (χ3v) is 4.16. The van der Waals surface area contributed by atoms with E-state index in [1.165, 1.54) is 31.4 Å². The Bertz CT molecular complexity index is 967. The zero-order chi connectivity index (χ0) is 20.1. The van der Waals surface area contributed by atoms with Gasteiger partial charge >= 0.3 is 6.18 Å². The van der Waals surface area contributed by atoms with Crippen molar-refractivity contribution in [3.8, 4) is 22.6 Å². The van der Waals surface area contributed by atoms with Crippen LogP contribution in [0.15, 0.2) is 66.7 Å². The first kappa shape index (κ1) is 19.5. The lowest BCUT2D eigenvalue weighted by molar-refractivity contribution is -0.137. The molecule has 0 saturated carbocycles. The zero-order valence-electron chi connectivity index (χ0n) is 15.0. The molecular weight excluding hydrogens is 369 g/mol. The van der Waals surface area contributed by atoms with E-state index in [-0.39, 0.29) is 29.2 Å². The largest absolute Gasteiger partial charge is 0.493 e. The van der Waals surface area contributed by atoms with Crippen LogP contribution in [-0.4, -0.2) is 13.4 Å². The molecule has 0 amide bonds. The van der Waals surface area contributed by atoms with E-state index in [0.717, 1.165) is 17.7 Å². The van der Waals surface area contributed by atoms with Gasteiger partial charge in [-0.2, -0.15) is 13.2 Å². The Hall–Kier alpha value is -3.28. The highest BCUT2D eigenvalue weighted by atomic mass is 19.4. The molecule has 0 aromatic heterocycles. The first-order valence-corrected chi connectivity index (χ1v) is 8.44. The molecule has 3 aromatic carbocycles. The van der Waals surface area contributed by atoms with Crippen molar-refractivity contribution in [2.24, 2.45) is 0 Å². The van der Waals surface area contributed by atoms with Gasteiger partial charge in [-0.15, -0.1) is 0 Å². The van der Waals surface area contributed by atoms with Crippen molar-refractivity contribution in [1.29, 1.82) is 0 Å². The van der Waals surface area contributed by atoms with Gasteiger partial charge in [0.15, 0.2) is 11.5 Å². The van der Waals surface area contributed by atoms with Gasteiger partial charge in [-0.25, -0.2) is 0 Å². The third kappa shape index (κ3) is 4.34. The van der Waals surface area contributed by atoms with Crippen LogP contribution < -0.4 is 9.47 Å². The summed E-state index contributed by atoms with van der Waals surface area (Å²) in [6, 6.07) is 17.2. The number of carbonyl (C=O) groups is 1. The third-order valence-electron chi connectivity index (χ3n) is 4.16. The highest BCUT2D eigenvalue weighted by Crippen LogP contribution is 2.41. The minimum atomic E-state index is -4.48. The molecule has 0 aliphatic carbocycles. The highest BCUT2D eigenvalue weighted by Gasteiger charge is 2.30. The Labute approximate surface area is 160 Å². The van der Waals surface area contributed by atoms with Crippen LogP contribution in [-0.2, 0) is 12.8 Å². The summed E-state index contributed by atoms with van der Waals surface area (Å²) in [6.45, 7) is 0.198. The number of methoxy groups -OCH3 is 1. The van der Waals surface area contributed by atoms with Crippen molar-refractivity contribution < 1.29 is 27.4 Å². The molecule has 0 N–H and O–H groups in total. The monoisotopic (exact) mass is 386 g/mol. The molecule has 3 rings (SSSR count). The van der Waals surface area contributed by atoms with Gasteiger partial charge in [-0.05, 0) is 35.4 Å². The summed E-state index contributed by atoms with van der Waals surface area (Å²) in [6.07, 6.45) is -3.87. The fourth-order valence-electron chi connectivity index (χ4n) is 2.80. The summed E-state index contributed by atoms with van der Waals surface area (Å²) in [7, 11) is 1.41. The maximum absolute atomic E-state index is 13.1. The van der Waals surface area contributed by atoms with E-state index >= 15 is 0 Å². The van der Waals surface area contributed by atoms with Crippen LogP contribution in [0, 0.1) is 0 Å². The molecule has 0 aliphatic rings. The van der Waals surface area contributed by atoms with Crippen molar-refractivity contribution in [3.05, 3.63) is 83.4 Å². The lowest BCUT2D eigenvalue weighted by Crippen LogP contribution is -2.05. The van der Waals surface area contributed by atoms with Crippen LogP contribution in [0.2, 0.25) is 0 Å². The molecule has 6 heteroatoms. The molecule has 0 spiro atoms. The number of rotatable bonds is 6. The maximum atomic E-state index is 13.1. The predicted molar refractivity (Wildman–Crippen MR) is 99.6 cm³/mol. The lowest BCUT2D eigenvalue weighted by atomic mass is 9.99. The summed E-state index contributed by atoms with van der Waals surface area (Å²) in [5.41, 5.74) is 1.01. The Morgan fingerprint density at radius 1 is 0.964 bits per heavy atom. The van der Waals surface area contributed by atoms with E-state index in [9.17, 15) is 18.0 Å². The van der Waals surface area contributed by atoms with Crippen LogP contribution in [0.1, 0.15) is 21.5 Å². The summed E-state index contributed by atoms with van der Waals surface area (Å²) in [4.78, 5) is 11.3. The molecule has 144 valence electrons. The Balaban J connectivity index is 2.09. The van der Waals surface area contributed by atoms with E-state index in [1.807, 2.05) is 30.3 Å². The van der Waals surface area contributed by atoms with Gasteiger partial charge in [0.1, 0.15) is 12.9 Å². The van der Waals surface area contributed by atoms with E-state index in [2.05, 4.69) is 0 Å². The molecular formula is C22H17F3O3. The topological polar surface area (TPSA) is 35.5 Å². The highest BCUT2D eigenvalue weighted by molar-refractivity contribution is 5.84. The minimum Gasteiger partial charge on any atom is -0.493 e. The lowest BCUT2D eigenvalue weighted by Gasteiger charge is -2.17. The van der Waals surface area contributed by atoms with E-state index in [0.29, 0.717) is 11.8 Å². The molecule has 3 aromatic rings. The molecule has 0 saturated heterocycles. The van der Waals surface area contributed by atoms with Gasteiger partial charge in [-0.3, -0.25) is 4.79 Å². The summed E-state index contributed by atoms with van der Waals surface area (Å²) in [5, 5.41) is 0. The summed E-state index contributed by atoms with van der Waals surface area (Å²) >= 11 is 0. The van der Waals surface area contributed by atoms with Gasteiger partial charge in [0.25, 0.3) is 0 Å². The van der Waals surface area contributed by atoms with Crippen LogP contribution in [0.25, 0.3) is 11.1 Å². The van der Waals surface area contributed by atoms with E-state index in [4.69, 9.17) is 9.47 Å². The molecule has 0 heterocycles. The average molecular weight is 386 g/mol. The molecule has 28 heavy (non-hydrogen) atoms. The quantitative estimate of drug-likeness (QED) is 0.505. The van der Waals surface area contributed by atoms with Gasteiger partial charge in [-0.1, -0.05) is 42.5 Å². The smallest absolute Gasteiger partial charge is 0.416 e. The van der Waals surface area contributed by atoms with Crippen LogP contribution in [0.5, 0.6) is 11.5 Å². The number of aldehydes is 1. The standard InChI is InChI=1S/C22H17F3O3/c1-27-20-11-16(13-26)10-19(17-8-5-9-18(12-17)22(23,24)25)21(20)28-14-15-6-3-2-4-7-15/h2-13H,14H2,1H3. The minimum absolute atomic E-state index is 0.198. The van der Waals surface area contributed by atoms with E-state index < -0.39 is 11.7 Å². The number of carbonyl (C=O) groups excluding carboxylic acids is 1. The molecule has 0 radical (unpaired) electrons. The van der Waals surface area contributed by atoms with Crippen LogP contribution in [0.4, 0.5) is 13.2 Å². The van der Waals surface area contributed by atoms with Crippen molar-refractivity contribution in [2.45, 2.75) is 12.8 Å². The Morgan fingerprint density at radius 2 is 1.71 bits per heavy atom. The summed E-state index contributed by atoms with van der Waals surface area (Å²) in [5.74, 6) is 0.546. The molecule has 0 fully saturated rings. The van der Waals surface area contributed by atoms with Crippen LogP contribution >= 0.6 is 0 Å². The fraction of sp³-hybridized carbons (Fsp3) is 0.136. The maximum Gasteiger partial charge on any atom is 0.416 e. The van der Waals surface area contributed by atoms with Gasteiger partial charge in [0.05, 0.1) is 12.7 Å². The second-order valence-corrected chi connectivity index (χ2v) is 6.07. The molecule has 3 nitrogen and oxygen atoms in total. The molecule has 0 aliphatic heterocycles. The predicted octanol–water partition coefficient (Wildman–Crippen LogP) is 5.77. The SMILES string of the molecule is COc1cc(C=O)cc(-c2cccc(C(F)(F)F)c2)c1OCc1ccccc1. The number of benzene rings is 3. The van der Waals surface area contributed by atoms with Crippen LogP contribution in [0.3, 0.4) is 0 Å². The van der Waals surface area contributed by atoms with Gasteiger partial charge in [0.2, 0.25) is 0 Å². The van der Waals surface area contributed by atoms with Crippen molar-refractivity contribution in [1.82, 2.24) is 0 Å². The van der Waals surface area contributed by atoms with Crippen molar-refractivity contribution >= 4 is 6.29 Å². The van der Waals surface area contributed by atoms with Crippen molar-refractivity contribution in [2.75, 3.05) is 7.11 Å². The first-order chi connectivity index (χ1) is 13.4. The molecule has 0 bridgehead atoms. The van der Waals surface area contributed by atoms with E-state index in [1.54, 1.807) is 0 Å². The Kier molecular flexibility index (Phi) is 5.68. The van der Waals surface area contributed by atoms with Crippen molar-refractivity contribution in [3.63, 3.8) is 0 Å². The second kappa shape index (κ2) is 8.17. The number of hydrogen-bond donors (Lipinski definition) is 0. The first-order valence-electron chi connectivity index (χ1n) is 8.44. The normalized spacial score (nSPS) is 11.1. The number of ether oxygens (including phenoxy) is 2. The average Bonchev–Trinajstić information content (AvgIpc) is 2.71. The zero-order valence-corrected chi connectivity index (χ0v) is 15.0. The number of alkyl halides is 3. The number of halogens is 3. The molecule has 0 unspecified atom stereocenters. The summed E-state index contributed by atoms with van der Waals surface area (Å²) < 4.78 is 50.6. The van der Waals surface area contributed by atoms with Gasteiger partial charge in [0, 0.05) is 11.1 Å².